The van der Waals surface area contributed by atoms with Gasteiger partial charge in [-0.05, 0) is 19.8 Å². The van der Waals surface area contributed by atoms with Crippen LogP contribution in [-0.2, 0) is 9.53 Å². The number of hydrogen-bond donors (Lipinski definition) is 2. The summed E-state index contributed by atoms with van der Waals surface area (Å²) in [5.74, 6) is -1.08. The Balaban J connectivity index is 4.18. The molecule has 3 unspecified atom stereocenters. The lowest BCUT2D eigenvalue weighted by atomic mass is 10.1. The van der Waals surface area contributed by atoms with Crippen molar-refractivity contribution in [1.82, 2.24) is 0 Å². The Kier molecular flexibility index (Phi) is 4.95. The van der Waals surface area contributed by atoms with E-state index in [0.29, 0.717) is 0 Å². The molecule has 78 valence electrons. The maximum absolute atomic E-state index is 10.7. The first-order chi connectivity index (χ1) is 5.86. The molecule has 0 rings (SSSR count). The fourth-order valence-corrected chi connectivity index (χ4v) is 0.845. The summed E-state index contributed by atoms with van der Waals surface area (Å²) >= 11 is 0. The first-order valence-electron chi connectivity index (χ1n) is 4.42. The smallest absolute Gasteiger partial charge is 0.333 e. The Bertz CT molecular complexity index is 165. The van der Waals surface area contributed by atoms with Crippen LogP contribution in [0.3, 0.4) is 0 Å². The highest BCUT2D eigenvalue weighted by atomic mass is 16.5. The molecule has 13 heavy (non-hydrogen) atoms. The zero-order valence-electron chi connectivity index (χ0n) is 8.52. The number of aliphatic hydroxyl groups is 1. The monoisotopic (exact) mass is 190 g/mol. The van der Waals surface area contributed by atoms with Crippen LogP contribution in [0, 0.1) is 5.92 Å². The molecule has 0 bridgehead atoms. The zero-order chi connectivity index (χ0) is 10.6. The summed E-state index contributed by atoms with van der Waals surface area (Å²) < 4.78 is 5.19. The predicted octanol–water partition coefficient (Wildman–Crippen LogP) is 0.881. The fourth-order valence-electron chi connectivity index (χ4n) is 0.845. The van der Waals surface area contributed by atoms with E-state index in [0.717, 1.165) is 0 Å². The molecular formula is C9H18O4. The fraction of sp³-hybridized carbons (Fsp3) is 0.889. The Labute approximate surface area is 78.5 Å². The molecule has 0 fully saturated rings. The van der Waals surface area contributed by atoms with Crippen LogP contribution in [0.2, 0.25) is 0 Å². The average molecular weight is 190 g/mol. The number of rotatable bonds is 5. The molecule has 0 heterocycles. The van der Waals surface area contributed by atoms with E-state index in [4.69, 9.17) is 14.9 Å². The van der Waals surface area contributed by atoms with E-state index in [9.17, 15) is 4.79 Å². The van der Waals surface area contributed by atoms with Crippen molar-refractivity contribution in [2.45, 2.75) is 46.0 Å². The van der Waals surface area contributed by atoms with Gasteiger partial charge in [0.25, 0.3) is 0 Å². The maximum atomic E-state index is 10.7. The first-order valence-corrected chi connectivity index (χ1v) is 4.42. The zero-order valence-corrected chi connectivity index (χ0v) is 8.52. The Morgan fingerprint density at radius 2 is 1.69 bits per heavy atom. The Morgan fingerprint density at radius 3 is 1.92 bits per heavy atom. The minimum atomic E-state index is -0.984. The van der Waals surface area contributed by atoms with Gasteiger partial charge in [0, 0.05) is 0 Å². The van der Waals surface area contributed by atoms with Crippen LogP contribution >= 0.6 is 0 Å². The lowest BCUT2D eigenvalue weighted by molar-refractivity contribution is -0.161. The number of hydrogen-bond acceptors (Lipinski definition) is 3. The van der Waals surface area contributed by atoms with Gasteiger partial charge in [-0.3, -0.25) is 0 Å². The summed E-state index contributed by atoms with van der Waals surface area (Å²) in [5.41, 5.74) is 0. The molecular weight excluding hydrogens is 172 g/mol. The third kappa shape index (κ3) is 4.24. The molecule has 0 aliphatic heterocycles. The lowest BCUT2D eigenvalue weighted by Crippen LogP contribution is -2.36. The predicted molar refractivity (Wildman–Crippen MR) is 48.5 cm³/mol. The number of carboxylic acid groups (broad SMARTS) is 1. The normalized spacial score (nSPS) is 18.3. The summed E-state index contributed by atoms with van der Waals surface area (Å²) in [4.78, 5) is 10.7. The van der Waals surface area contributed by atoms with Crippen LogP contribution in [0.1, 0.15) is 27.7 Å². The molecule has 0 aromatic rings. The van der Waals surface area contributed by atoms with Gasteiger partial charge in [-0.1, -0.05) is 13.8 Å². The van der Waals surface area contributed by atoms with Gasteiger partial charge >= 0.3 is 5.97 Å². The summed E-state index contributed by atoms with van der Waals surface area (Å²) in [6.45, 7) is 6.77. The van der Waals surface area contributed by atoms with Crippen LogP contribution in [-0.4, -0.2) is 34.5 Å². The second-order valence-electron chi connectivity index (χ2n) is 3.58. The maximum Gasteiger partial charge on any atom is 0.333 e. The van der Waals surface area contributed by atoms with Gasteiger partial charge < -0.3 is 14.9 Å². The van der Waals surface area contributed by atoms with Crippen LogP contribution in [0.25, 0.3) is 0 Å². The number of ether oxygens (including phenoxy) is 1. The largest absolute Gasteiger partial charge is 0.479 e. The molecule has 4 nitrogen and oxygen atoms in total. The van der Waals surface area contributed by atoms with Crippen molar-refractivity contribution >= 4 is 5.97 Å². The van der Waals surface area contributed by atoms with E-state index >= 15 is 0 Å². The second-order valence-corrected chi connectivity index (χ2v) is 3.58. The number of aliphatic hydroxyl groups excluding tert-OH is 1. The molecule has 4 heteroatoms. The van der Waals surface area contributed by atoms with E-state index in [1.54, 1.807) is 27.7 Å². The van der Waals surface area contributed by atoms with Crippen LogP contribution in [0.4, 0.5) is 0 Å². The van der Waals surface area contributed by atoms with Gasteiger partial charge in [0.1, 0.15) is 0 Å². The van der Waals surface area contributed by atoms with E-state index in [-0.39, 0.29) is 5.92 Å². The van der Waals surface area contributed by atoms with Gasteiger partial charge in [-0.15, -0.1) is 0 Å². The minimum absolute atomic E-state index is 0.0984. The summed E-state index contributed by atoms with van der Waals surface area (Å²) in [7, 11) is 0. The molecule has 0 saturated carbocycles. The molecule has 0 aliphatic rings. The minimum Gasteiger partial charge on any atom is -0.479 e. The SMILES string of the molecule is CC(C)C(OC(C)C(C)O)C(=O)O. The van der Waals surface area contributed by atoms with Gasteiger partial charge in [0.15, 0.2) is 6.10 Å². The van der Waals surface area contributed by atoms with Crippen molar-refractivity contribution in [3.05, 3.63) is 0 Å². The van der Waals surface area contributed by atoms with Crippen LogP contribution in [0.15, 0.2) is 0 Å². The molecule has 0 spiro atoms. The first kappa shape index (κ1) is 12.4. The van der Waals surface area contributed by atoms with E-state index in [1.807, 2.05) is 0 Å². The summed E-state index contributed by atoms with van der Waals surface area (Å²) in [6.07, 6.45) is -1.95. The average Bonchev–Trinajstić information content (AvgIpc) is 1.97. The molecule has 0 aliphatic carbocycles. The number of aliphatic carboxylic acids is 1. The quantitative estimate of drug-likeness (QED) is 0.675. The molecule has 0 amide bonds. The van der Waals surface area contributed by atoms with E-state index < -0.39 is 24.3 Å². The van der Waals surface area contributed by atoms with Crippen molar-refractivity contribution < 1.29 is 19.7 Å². The van der Waals surface area contributed by atoms with Crippen molar-refractivity contribution in [1.29, 1.82) is 0 Å². The van der Waals surface area contributed by atoms with Gasteiger partial charge in [-0.2, -0.15) is 0 Å². The Morgan fingerprint density at radius 1 is 1.23 bits per heavy atom. The Hall–Kier alpha value is -0.610. The van der Waals surface area contributed by atoms with Crippen molar-refractivity contribution in [3.63, 3.8) is 0 Å². The molecule has 0 aromatic carbocycles. The standard InChI is InChI=1S/C9H18O4/c1-5(2)8(9(11)12)13-7(4)6(3)10/h5-8,10H,1-4H3,(H,11,12). The van der Waals surface area contributed by atoms with Crippen LogP contribution in [0.5, 0.6) is 0 Å². The molecule has 0 aromatic heterocycles. The highest BCUT2D eigenvalue weighted by Crippen LogP contribution is 2.11. The van der Waals surface area contributed by atoms with Crippen molar-refractivity contribution in [2.24, 2.45) is 5.92 Å². The van der Waals surface area contributed by atoms with Gasteiger partial charge in [-0.25, -0.2) is 4.79 Å². The molecule has 0 saturated heterocycles. The highest BCUT2D eigenvalue weighted by Gasteiger charge is 2.25. The van der Waals surface area contributed by atoms with Gasteiger partial charge in [0.05, 0.1) is 12.2 Å². The van der Waals surface area contributed by atoms with Crippen molar-refractivity contribution in [2.75, 3.05) is 0 Å². The second kappa shape index (κ2) is 5.19. The molecule has 0 radical (unpaired) electrons. The summed E-state index contributed by atoms with van der Waals surface area (Å²) in [6, 6.07) is 0. The van der Waals surface area contributed by atoms with Crippen LogP contribution < -0.4 is 0 Å². The van der Waals surface area contributed by atoms with Gasteiger partial charge in [0.2, 0.25) is 0 Å². The van der Waals surface area contributed by atoms with E-state index in [1.165, 1.54) is 0 Å². The third-order valence-electron chi connectivity index (χ3n) is 1.89. The molecule has 2 N–H and O–H groups in total. The molecule has 3 atom stereocenters. The van der Waals surface area contributed by atoms with E-state index in [2.05, 4.69) is 0 Å². The van der Waals surface area contributed by atoms with Crippen molar-refractivity contribution in [3.8, 4) is 0 Å². The topological polar surface area (TPSA) is 66.8 Å². The number of carbonyl (C=O) groups is 1. The number of carboxylic acids is 1. The summed E-state index contributed by atoms with van der Waals surface area (Å²) in [5, 5.41) is 17.9. The lowest BCUT2D eigenvalue weighted by Gasteiger charge is -2.23. The third-order valence-corrected chi connectivity index (χ3v) is 1.89. The highest BCUT2D eigenvalue weighted by molar-refractivity contribution is 5.72.